The van der Waals surface area contributed by atoms with Crippen LogP contribution in [0, 0.1) is 0 Å². The van der Waals surface area contributed by atoms with Crippen molar-refractivity contribution in [3.05, 3.63) is 36.2 Å². The average Bonchev–Trinajstić information content (AvgIpc) is 2.82. The van der Waals surface area contributed by atoms with E-state index in [1.54, 1.807) is 12.1 Å². The minimum atomic E-state index is -1.61. The van der Waals surface area contributed by atoms with Crippen LogP contribution in [-0.4, -0.2) is 38.3 Å². The van der Waals surface area contributed by atoms with Gasteiger partial charge < -0.3 is 10.0 Å². The second-order valence-corrected chi connectivity index (χ2v) is 3.28. The molecule has 86 valence electrons. The number of carbonyl (C=O) groups excluding carboxylic acids is 1. The fourth-order valence-corrected chi connectivity index (χ4v) is 1.28. The summed E-state index contributed by atoms with van der Waals surface area (Å²) in [6.07, 6.45) is 1.34. The van der Waals surface area contributed by atoms with Crippen LogP contribution in [0.5, 0.6) is 0 Å². The highest BCUT2D eigenvalue weighted by Gasteiger charge is 2.14. The molecule has 0 spiro atoms. The second-order valence-electron chi connectivity index (χ2n) is 3.28. The van der Waals surface area contributed by atoms with Crippen LogP contribution >= 0.6 is 0 Å². The average molecular weight is 232 g/mol. The summed E-state index contributed by atoms with van der Waals surface area (Å²) in [5.41, 5.74) is 0.535. The molecule has 0 saturated heterocycles. The lowest BCUT2D eigenvalue weighted by Crippen LogP contribution is -2.30. The van der Waals surface area contributed by atoms with E-state index in [2.05, 4.69) is 20.5 Å². The Labute approximate surface area is 96.7 Å². The maximum absolute atomic E-state index is 11.7. The van der Waals surface area contributed by atoms with E-state index >= 15 is 0 Å². The lowest BCUT2D eigenvalue weighted by Gasteiger charge is -2.03. The second kappa shape index (κ2) is 4.77. The molecule has 4 N–H and O–H groups in total. The van der Waals surface area contributed by atoms with Crippen molar-refractivity contribution in [3.63, 3.8) is 0 Å². The van der Waals surface area contributed by atoms with Crippen LogP contribution in [0.3, 0.4) is 0 Å². The van der Waals surface area contributed by atoms with Crippen LogP contribution in [0.25, 0.3) is 0 Å². The Morgan fingerprint density at radius 2 is 2.24 bits per heavy atom. The number of carbonyl (C=O) groups is 1. The topological polar surface area (TPSA) is 111 Å². The van der Waals surface area contributed by atoms with Crippen molar-refractivity contribution in [1.29, 1.82) is 0 Å². The molecule has 1 aromatic heterocycles. The highest BCUT2D eigenvalue weighted by molar-refractivity contribution is 6.58. The van der Waals surface area contributed by atoms with E-state index in [9.17, 15) is 4.79 Å². The van der Waals surface area contributed by atoms with Crippen molar-refractivity contribution in [3.8, 4) is 0 Å². The van der Waals surface area contributed by atoms with Gasteiger partial charge in [-0.15, -0.1) is 5.10 Å². The monoisotopic (exact) mass is 232 g/mol. The normalized spacial score (nSPS) is 10.0. The van der Waals surface area contributed by atoms with Gasteiger partial charge in [0, 0.05) is 5.56 Å². The Balaban J connectivity index is 2.16. The van der Waals surface area contributed by atoms with Gasteiger partial charge in [0.15, 0.2) is 0 Å². The molecular formula is C9H9BN4O3. The first-order valence-corrected chi connectivity index (χ1v) is 4.80. The lowest BCUT2D eigenvalue weighted by atomic mass is 9.79. The fourth-order valence-electron chi connectivity index (χ4n) is 1.28. The predicted molar refractivity (Wildman–Crippen MR) is 60.6 cm³/mol. The van der Waals surface area contributed by atoms with Crippen molar-refractivity contribution < 1.29 is 14.8 Å². The largest absolute Gasteiger partial charge is 0.488 e. The number of benzene rings is 1. The summed E-state index contributed by atoms with van der Waals surface area (Å²) >= 11 is 0. The van der Waals surface area contributed by atoms with E-state index in [0.29, 0.717) is 5.56 Å². The van der Waals surface area contributed by atoms with Gasteiger partial charge in [0.05, 0.1) is 0 Å². The maximum Gasteiger partial charge on any atom is 0.488 e. The Morgan fingerprint density at radius 3 is 2.88 bits per heavy atom. The van der Waals surface area contributed by atoms with Gasteiger partial charge in [-0.3, -0.25) is 15.2 Å². The number of rotatable bonds is 3. The zero-order valence-corrected chi connectivity index (χ0v) is 8.66. The smallest absolute Gasteiger partial charge is 0.423 e. The van der Waals surface area contributed by atoms with E-state index in [1.807, 2.05) is 0 Å². The summed E-state index contributed by atoms with van der Waals surface area (Å²) in [5.74, 6) is -0.267. The number of anilines is 1. The molecule has 0 aliphatic rings. The highest BCUT2D eigenvalue weighted by Crippen LogP contribution is 2.01. The third-order valence-electron chi connectivity index (χ3n) is 2.09. The zero-order valence-electron chi connectivity index (χ0n) is 8.66. The van der Waals surface area contributed by atoms with Gasteiger partial charge in [0.25, 0.3) is 5.91 Å². The molecule has 0 bridgehead atoms. The lowest BCUT2D eigenvalue weighted by molar-refractivity contribution is 0.102. The summed E-state index contributed by atoms with van der Waals surface area (Å²) in [7, 11) is -1.61. The van der Waals surface area contributed by atoms with Crippen molar-refractivity contribution in [2.45, 2.75) is 0 Å². The number of hydrogen-bond donors (Lipinski definition) is 4. The Kier molecular flexibility index (Phi) is 3.17. The number of aromatic nitrogens is 3. The number of amides is 1. The van der Waals surface area contributed by atoms with Crippen LogP contribution in [0.2, 0.25) is 0 Å². The van der Waals surface area contributed by atoms with E-state index in [-0.39, 0.29) is 11.4 Å². The maximum atomic E-state index is 11.7. The van der Waals surface area contributed by atoms with Crippen molar-refractivity contribution in [2.75, 3.05) is 5.32 Å². The molecule has 1 amide bonds. The highest BCUT2D eigenvalue weighted by atomic mass is 16.4. The first-order valence-electron chi connectivity index (χ1n) is 4.80. The summed E-state index contributed by atoms with van der Waals surface area (Å²) in [6, 6.07) is 6.00. The van der Waals surface area contributed by atoms with Gasteiger partial charge >= 0.3 is 7.12 Å². The fraction of sp³-hybridized carbons (Fsp3) is 0. The third kappa shape index (κ3) is 2.68. The number of aromatic amines is 1. The Morgan fingerprint density at radius 1 is 1.41 bits per heavy atom. The molecule has 0 fully saturated rings. The van der Waals surface area contributed by atoms with Gasteiger partial charge in [-0.25, -0.2) is 4.98 Å². The molecule has 0 atom stereocenters. The number of nitrogens with zero attached hydrogens (tertiary/aromatic N) is 2. The molecule has 0 aliphatic carbocycles. The van der Waals surface area contributed by atoms with E-state index in [1.165, 1.54) is 18.5 Å². The van der Waals surface area contributed by atoms with Crippen LogP contribution in [0.1, 0.15) is 10.4 Å². The van der Waals surface area contributed by atoms with Gasteiger partial charge in [0.2, 0.25) is 5.95 Å². The minimum Gasteiger partial charge on any atom is -0.423 e. The molecule has 2 aromatic rings. The van der Waals surface area contributed by atoms with Crippen molar-refractivity contribution in [2.24, 2.45) is 0 Å². The zero-order chi connectivity index (χ0) is 12.3. The molecule has 1 aromatic carbocycles. The number of H-pyrrole nitrogens is 1. The summed E-state index contributed by atoms with van der Waals surface area (Å²) in [4.78, 5) is 15.5. The number of nitrogens with one attached hydrogen (secondary N) is 2. The Bertz CT molecular complexity index is 515. The van der Waals surface area contributed by atoms with E-state index in [4.69, 9.17) is 10.0 Å². The van der Waals surface area contributed by atoms with Crippen LogP contribution in [-0.2, 0) is 0 Å². The van der Waals surface area contributed by atoms with Crippen molar-refractivity contribution >= 4 is 24.4 Å². The first-order chi connectivity index (χ1) is 8.16. The van der Waals surface area contributed by atoms with Crippen LogP contribution in [0.15, 0.2) is 30.6 Å². The molecule has 1 heterocycles. The van der Waals surface area contributed by atoms with Crippen LogP contribution < -0.4 is 10.8 Å². The van der Waals surface area contributed by atoms with Crippen LogP contribution in [0.4, 0.5) is 5.95 Å². The quantitative estimate of drug-likeness (QED) is 0.493. The summed E-state index contributed by atoms with van der Waals surface area (Å²) in [6.45, 7) is 0. The van der Waals surface area contributed by atoms with Gasteiger partial charge in [-0.05, 0) is 17.6 Å². The minimum absolute atomic E-state index is 0.157. The van der Waals surface area contributed by atoms with E-state index < -0.39 is 13.0 Å². The standard InChI is InChI=1S/C9H9BN4O3/c15-8(13-9-11-5-12-14-9)6-2-1-3-7(4-6)10(16)17/h1-5,16-17H,(H2,11,12,13,14,15). The van der Waals surface area contributed by atoms with Gasteiger partial charge in [0.1, 0.15) is 6.33 Å². The van der Waals surface area contributed by atoms with Gasteiger partial charge in [-0.2, -0.15) is 0 Å². The third-order valence-corrected chi connectivity index (χ3v) is 2.09. The molecule has 7 nitrogen and oxygen atoms in total. The van der Waals surface area contributed by atoms with E-state index in [0.717, 1.165) is 0 Å². The molecule has 8 heteroatoms. The predicted octanol–water partition coefficient (Wildman–Crippen LogP) is -1.26. The van der Waals surface area contributed by atoms with Gasteiger partial charge in [-0.1, -0.05) is 12.1 Å². The van der Waals surface area contributed by atoms with Crippen molar-refractivity contribution in [1.82, 2.24) is 15.2 Å². The molecule has 17 heavy (non-hydrogen) atoms. The SMILES string of the molecule is O=C(Nc1nc[nH]n1)c1cccc(B(O)O)c1. The first kappa shape index (κ1) is 11.3. The molecular weight excluding hydrogens is 223 g/mol. The summed E-state index contributed by atoms with van der Waals surface area (Å²) < 4.78 is 0. The Hall–Kier alpha value is -2.19. The molecule has 0 unspecified atom stereocenters. The molecule has 0 saturated carbocycles. The number of hydrogen-bond acceptors (Lipinski definition) is 5. The molecule has 0 aliphatic heterocycles. The molecule has 2 rings (SSSR count). The molecule has 0 radical (unpaired) electrons. The summed E-state index contributed by atoms with van der Waals surface area (Å²) in [5, 5.41) is 26.5.